The Hall–Kier alpha value is -0.740. The van der Waals surface area contributed by atoms with Crippen LogP contribution >= 0.6 is 27.5 Å². The molecule has 17 heavy (non-hydrogen) atoms. The lowest BCUT2D eigenvalue weighted by molar-refractivity contribution is -0.147. The summed E-state index contributed by atoms with van der Waals surface area (Å²) in [4.78, 5) is 11.2. The Bertz CT molecular complexity index is 395. The van der Waals surface area contributed by atoms with Crippen molar-refractivity contribution in [2.75, 3.05) is 12.4 Å². The normalized spacial score (nSPS) is 12.0. The number of hydrogen-bond donors (Lipinski definition) is 0. The smallest absolute Gasteiger partial charge is 0.346 e. The Balaban J connectivity index is 2.78. The van der Waals surface area contributed by atoms with Crippen LogP contribution in [0, 0.1) is 0 Å². The number of ether oxygens (including phenoxy) is 2. The molecule has 0 N–H and O–H groups in total. The Morgan fingerprint density at radius 1 is 1.53 bits per heavy atom. The maximum Gasteiger partial charge on any atom is 0.346 e. The number of methoxy groups -OCH3 is 1. The van der Waals surface area contributed by atoms with E-state index in [4.69, 9.17) is 16.3 Å². The van der Waals surface area contributed by atoms with Gasteiger partial charge >= 0.3 is 5.97 Å². The minimum absolute atomic E-state index is 0.401. The number of halogens is 2. The van der Waals surface area contributed by atoms with Gasteiger partial charge in [0.15, 0.2) is 6.10 Å². The van der Waals surface area contributed by atoms with Crippen molar-refractivity contribution in [2.45, 2.75) is 19.4 Å². The van der Waals surface area contributed by atoms with Gasteiger partial charge in [0.25, 0.3) is 0 Å². The maximum absolute atomic E-state index is 11.2. The Labute approximate surface area is 114 Å². The van der Waals surface area contributed by atoms with Gasteiger partial charge in [-0.15, -0.1) is 0 Å². The van der Waals surface area contributed by atoms with Crippen LogP contribution in [-0.2, 0) is 16.0 Å². The van der Waals surface area contributed by atoms with E-state index in [1.54, 1.807) is 19.1 Å². The molecule has 0 aliphatic heterocycles. The highest BCUT2D eigenvalue weighted by molar-refractivity contribution is 9.09. The second kappa shape index (κ2) is 6.87. The van der Waals surface area contributed by atoms with Gasteiger partial charge in [0.2, 0.25) is 0 Å². The Morgan fingerprint density at radius 2 is 2.24 bits per heavy atom. The minimum atomic E-state index is -0.627. The Kier molecular flexibility index (Phi) is 5.78. The van der Waals surface area contributed by atoms with Crippen LogP contribution in [0.25, 0.3) is 0 Å². The number of carbonyl (C=O) groups excluding carboxylic acids is 1. The molecule has 0 aromatic heterocycles. The molecule has 0 aliphatic carbocycles. The van der Waals surface area contributed by atoms with Crippen LogP contribution in [-0.4, -0.2) is 24.5 Å². The average molecular weight is 322 g/mol. The van der Waals surface area contributed by atoms with Crippen LogP contribution in [0.3, 0.4) is 0 Å². The zero-order chi connectivity index (χ0) is 12.8. The van der Waals surface area contributed by atoms with Gasteiger partial charge in [-0.1, -0.05) is 27.5 Å². The molecule has 1 atom stereocenters. The van der Waals surface area contributed by atoms with Crippen molar-refractivity contribution >= 4 is 33.5 Å². The summed E-state index contributed by atoms with van der Waals surface area (Å²) in [6.07, 6.45) is 0.181. The average Bonchev–Trinajstić information content (AvgIpc) is 2.32. The highest BCUT2D eigenvalue weighted by Gasteiger charge is 2.15. The monoisotopic (exact) mass is 320 g/mol. The number of esters is 1. The molecule has 94 valence electrons. The zero-order valence-corrected chi connectivity index (χ0v) is 12.0. The number of hydrogen-bond acceptors (Lipinski definition) is 3. The zero-order valence-electron chi connectivity index (χ0n) is 9.70. The van der Waals surface area contributed by atoms with Gasteiger partial charge < -0.3 is 9.47 Å². The van der Waals surface area contributed by atoms with Gasteiger partial charge in [0, 0.05) is 10.4 Å². The van der Waals surface area contributed by atoms with E-state index < -0.39 is 12.1 Å². The molecule has 3 nitrogen and oxygen atoms in total. The van der Waals surface area contributed by atoms with Gasteiger partial charge in [-0.2, -0.15) is 0 Å². The van der Waals surface area contributed by atoms with E-state index >= 15 is 0 Å². The SMILES string of the molecule is COC(=O)C(C)Oc1ccc(Cl)c(CCBr)c1. The van der Waals surface area contributed by atoms with Crippen molar-refractivity contribution in [1.82, 2.24) is 0 Å². The summed E-state index contributed by atoms with van der Waals surface area (Å²) in [6.45, 7) is 1.64. The van der Waals surface area contributed by atoms with Crippen LogP contribution in [0.4, 0.5) is 0 Å². The number of alkyl halides is 1. The fourth-order valence-electron chi connectivity index (χ4n) is 1.34. The molecule has 1 aromatic carbocycles. The van der Waals surface area contributed by atoms with Crippen molar-refractivity contribution < 1.29 is 14.3 Å². The van der Waals surface area contributed by atoms with Gasteiger partial charge in [-0.25, -0.2) is 4.79 Å². The van der Waals surface area contributed by atoms with Gasteiger partial charge in [-0.05, 0) is 37.1 Å². The summed E-state index contributed by atoms with van der Waals surface area (Å²) in [6, 6.07) is 5.33. The number of rotatable bonds is 5. The fraction of sp³-hybridized carbons (Fsp3) is 0.417. The van der Waals surface area contributed by atoms with Gasteiger partial charge in [0.05, 0.1) is 7.11 Å². The minimum Gasteiger partial charge on any atom is -0.479 e. The highest BCUT2D eigenvalue weighted by Crippen LogP contribution is 2.23. The van der Waals surface area contributed by atoms with Crippen molar-refractivity contribution in [3.63, 3.8) is 0 Å². The number of carbonyl (C=O) groups is 1. The third-order valence-electron chi connectivity index (χ3n) is 2.23. The lowest BCUT2D eigenvalue weighted by Crippen LogP contribution is -2.24. The van der Waals surface area contributed by atoms with Crippen LogP contribution in [0.2, 0.25) is 5.02 Å². The summed E-state index contributed by atoms with van der Waals surface area (Å²) in [5.74, 6) is 0.213. The van der Waals surface area contributed by atoms with E-state index in [1.165, 1.54) is 7.11 Å². The molecule has 0 saturated carbocycles. The van der Waals surface area contributed by atoms with Crippen molar-refractivity contribution in [3.8, 4) is 5.75 Å². The largest absolute Gasteiger partial charge is 0.479 e. The first-order chi connectivity index (χ1) is 8.08. The molecular formula is C12H14BrClO3. The van der Waals surface area contributed by atoms with Crippen molar-refractivity contribution in [3.05, 3.63) is 28.8 Å². The first-order valence-electron chi connectivity index (χ1n) is 5.17. The van der Waals surface area contributed by atoms with Gasteiger partial charge in [-0.3, -0.25) is 0 Å². The van der Waals surface area contributed by atoms with Crippen LogP contribution in [0.5, 0.6) is 5.75 Å². The molecular weight excluding hydrogens is 307 g/mol. The van der Waals surface area contributed by atoms with Gasteiger partial charge in [0.1, 0.15) is 5.75 Å². The molecule has 0 aliphatic rings. The van der Waals surface area contributed by atoms with Crippen LogP contribution in [0.1, 0.15) is 12.5 Å². The molecule has 1 aromatic rings. The number of benzene rings is 1. The molecule has 0 bridgehead atoms. The summed E-state index contributed by atoms with van der Waals surface area (Å²) >= 11 is 9.39. The number of aryl methyl sites for hydroxylation is 1. The van der Waals surface area contributed by atoms with E-state index in [1.807, 2.05) is 6.07 Å². The first kappa shape index (κ1) is 14.3. The van der Waals surface area contributed by atoms with E-state index in [0.29, 0.717) is 10.8 Å². The van der Waals surface area contributed by atoms with E-state index in [9.17, 15) is 4.79 Å². The first-order valence-corrected chi connectivity index (χ1v) is 6.67. The van der Waals surface area contributed by atoms with Crippen molar-refractivity contribution in [1.29, 1.82) is 0 Å². The lowest BCUT2D eigenvalue weighted by Gasteiger charge is -2.13. The molecule has 0 radical (unpaired) electrons. The van der Waals surface area contributed by atoms with Crippen LogP contribution < -0.4 is 4.74 Å². The van der Waals surface area contributed by atoms with E-state index in [-0.39, 0.29) is 0 Å². The summed E-state index contributed by atoms with van der Waals surface area (Å²) < 4.78 is 10.0. The summed E-state index contributed by atoms with van der Waals surface area (Å²) in [5, 5.41) is 1.52. The third kappa shape index (κ3) is 4.21. The highest BCUT2D eigenvalue weighted by atomic mass is 79.9. The second-order valence-electron chi connectivity index (χ2n) is 3.48. The third-order valence-corrected chi connectivity index (χ3v) is 2.99. The summed E-state index contributed by atoms with van der Waals surface area (Å²) in [5.41, 5.74) is 0.984. The second-order valence-corrected chi connectivity index (χ2v) is 4.68. The topological polar surface area (TPSA) is 35.5 Å². The molecule has 5 heteroatoms. The molecule has 0 spiro atoms. The summed E-state index contributed by atoms with van der Waals surface area (Å²) in [7, 11) is 1.33. The quantitative estimate of drug-likeness (QED) is 0.617. The van der Waals surface area contributed by atoms with E-state index in [0.717, 1.165) is 17.3 Å². The Morgan fingerprint density at radius 3 is 2.82 bits per heavy atom. The predicted molar refractivity (Wildman–Crippen MR) is 71.1 cm³/mol. The lowest BCUT2D eigenvalue weighted by atomic mass is 10.1. The molecule has 1 rings (SSSR count). The predicted octanol–water partition coefficient (Wildman–Crippen LogP) is 3.22. The molecule has 0 heterocycles. The standard InChI is InChI=1S/C12H14BrClO3/c1-8(12(15)16-2)17-10-3-4-11(14)9(7-10)5-6-13/h3-4,7-8H,5-6H2,1-2H3. The molecule has 1 unspecified atom stereocenters. The molecule has 0 saturated heterocycles. The molecule has 0 amide bonds. The van der Waals surface area contributed by atoms with Crippen LogP contribution in [0.15, 0.2) is 18.2 Å². The maximum atomic E-state index is 11.2. The fourth-order valence-corrected chi connectivity index (χ4v) is 1.98. The van der Waals surface area contributed by atoms with E-state index in [2.05, 4.69) is 20.7 Å². The molecule has 0 fully saturated rings. The van der Waals surface area contributed by atoms with Crippen molar-refractivity contribution in [2.24, 2.45) is 0 Å².